The lowest BCUT2D eigenvalue weighted by molar-refractivity contribution is 0.0987. The molecule has 0 aromatic heterocycles. The molecule has 0 amide bonds. The van der Waals surface area contributed by atoms with Gasteiger partial charge in [-0.2, -0.15) is 0 Å². The van der Waals surface area contributed by atoms with Crippen molar-refractivity contribution < 1.29 is 4.79 Å². The minimum atomic E-state index is 0.138. The van der Waals surface area contributed by atoms with Gasteiger partial charge in [0, 0.05) is 22.3 Å². The third-order valence-corrected chi connectivity index (χ3v) is 3.07. The number of benzene rings is 1. The van der Waals surface area contributed by atoms with Crippen LogP contribution in [0.1, 0.15) is 29.3 Å². The SMILES string of the molecule is CCC(=O)c1cccc(CCl)c1Br. The van der Waals surface area contributed by atoms with Crippen LogP contribution in [0.2, 0.25) is 0 Å². The molecule has 0 heterocycles. The molecule has 0 aliphatic rings. The van der Waals surface area contributed by atoms with Gasteiger partial charge in [-0.25, -0.2) is 0 Å². The van der Waals surface area contributed by atoms with E-state index in [1.54, 1.807) is 0 Å². The minimum absolute atomic E-state index is 0.138. The summed E-state index contributed by atoms with van der Waals surface area (Å²) in [4.78, 5) is 11.4. The Morgan fingerprint density at radius 1 is 1.54 bits per heavy atom. The lowest BCUT2D eigenvalue weighted by atomic mass is 10.1. The predicted molar refractivity (Wildman–Crippen MR) is 58.3 cm³/mol. The Morgan fingerprint density at radius 3 is 2.77 bits per heavy atom. The number of halogens is 2. The molecule has 1 aromatic carbocycles. The quantitative estimate of drug-likeness (QED) is 0.598. The van der Waals surface area contributed by atoms with Gasteiger partial charge in [-0.15, -0.1) is 11.6 Å². The lowest BCUT2D eigenvalue weighted by Gasteiger charge is -2.05. The third kappa shape index (κ3) is 2.32. The molecule has 0 radical (unpaired) electrons. The van der Waals surface area contributed by atoms with E-state index in [9.17, 15) is 4.79 Å². The summed E-state index contributed by atoms with van der Waals surface area (Å²) < 4.78 is 0.830. The molecule has 0 saturated heterocycles. The van der Waals surface area contributed by atoms with Gasteiger partial charge >= 0.3 is 0 Å². The maximum absolute atomic E-state index is 11.4. The zero-order chi connectivity index (χ0) is 9.84. The van der Waals surface area contributed by atoms with Crippen LogP contribution in [0, 0.1) is 0 Å². The van der Waals surface area contributed by atoms with Crippen LogP contribution in [0.15, 0.2) is 22.7 Å². The first-order chi connectivity index (χ1) is 6.20. The Hall–Kier alpha value is -0.340. The lowest BCUT2D eigenvalue weighted by Crippen LogP contribution is -1.99. The van der Waals surface area contributed by atoms with E-state index >= 15 is 0 Å². The van der Waals surface area contributed by atoms with E-state index in [1.165, 1.54) is 0 Å². The first-order valence-electron chi connectivity index (χ1n) is 4.07. The predicted octanol–water partition coefficient (Wildman–Crippen LogP) is 3.78. The molecule has 0 saturated carbocycles. The van der Waals surface area contributed by atoms with Gasteiger partial charge in [0.25, 0.3) is 0 Å². The number of ketones is 1. The van der Waals surface area contributed by atoms with Gasteiger partial charge < -0.3 is 0 Å². The Labute approximate surface area is 91.2 Å². The Balaban J connectivity index is 3.15. The van der Waals surface area contributed by atoms with Gasteiger partial charge in [-0.05, 0) is 21.5 Å². The molecule has 0 bridgehead atoms. The molecule has 1 rings (SSSR count). The molecule has 3 heteroatoms. The summed E-state index contributed by atoms with van der Waals surface area (Å²) in [6.07, 6.45) is 0.518. The smallest absolute Gasteiger partial charge is 0.163 e. The first kappa shape index (κ1) is 10.7. The second-order valence-electron chi connectivity index (χ2n) is 2.69. The number of carbonyl (C=O) groups is 1. The molecule has 0 atom stereocenters. The van der Waals surface area contributed by atoms with Crippen LogP contribution in [0.25, 0.3) is 0 Å². The van der Waals surface area contributed by atoms with Crippen molar-refractivity contribution in [1.29, 1.82) is 0 Å². The highest BCUT2D eigenvalue weighted by Crippen LogP contribution is 2.24. The topological polar surface area (TPSA) is 17.1 Å². The highest BCUT2D eigenvalue weighted by Gasteiger charge is 2.09. The summed E-state index contributed by atoms with van der Waals surface area (Å²) in [6, 6.07) is 5.57. The summed E-state index contributed by atoms with van der Waals surface area (Å²) in [5.74, 6) is 0.560. The second-order valence-corrected chi connectivity index (χ2v) is 3.75. The molecule has 70 valence electrons. The van der Waals surface area contributed by atoms with Crippen molar-refractivity contribution in [1.82, 2.24) is 0 Å². The normalized spacial score (nSPS) is 10.1. The largest absolute Gasteiger partial charge is 0.294 e. The van der Waals surface area contributed by atoms with Crippen LogP contribution >= 0.6 is 27.5 Å². The van der Waals surface area contributed by atoms with Crippen molar-refractivity contribution in [2.75, 3.05) is 0 Å². The molecule has 1 aromatic rings. The molecule has 0 aliphatic heterocycles. The van der Waals surface area contributed by atoms with Gasteiger partial charge in [-0.3, -0.25) is 4.79 Å². The number of rotatable bonds is 3. The van der Waals surface area contributed by atoms with Crippen LogP contribution in [-0.4, -0.2) is 5.78 Å². The summed E-state index contributed by atoms with van der Waals surface area (Å²) in [7, 11) is 0. The maximum Gasteiger partial charge on any atom is 0.163 e. The summed E-state index contributed by atoms with van der Waals surface area (Å²) in [5.41, 5.74) is 1.68. The van der Waals surface area contributed by atoms with Crippen LogP contribution < -0.4 is 0 Å². The van der Waals surface area contributed by atoms with Crippen molar-refractivity contribution in [2.24, 2.45) is 0 Å². The first-order valence-corrected chi connectivity index (χ1v) is 5.40. The van der Waals surface area contributed by atoms with Crippen LogP contribution in [0.5, 0.6) is 0 Å². The molecule has 0 fully saturated rings. The second kappa shape index (κ2) is 4.77. The highest BCUT2D eigenvalue weighted by molar-refractivity contribution is 9.10. The van der Waals surface area contributed by atoms with Crippen LogP contribution in [0.4, 0.5) is 0 Å². The van der Waals surface area contributed by atoms with Gasteiger partial charge in [0.2, 0.25) is 0 Å². The van der Waals surface area contributed by atoms with E-state index in [4.69, 9.17) is 11.6 Å². The minimum Gasteiger partial charge on any atom is -0.294 e. The van der Waals surface area contributed by atoms with Crippen molar-refractivity contribution in [2.45, 2.75) is 19.2 Å². The maximum atomic E-state index is 11.4. The van der Waals surface area contributed by atoms with E-state index in [0.29, 0.717) is 12.3 Å². The zero-order valence-electron chi connectivity index (χ0n) is 7.31. The summed E-state index contributed by atoms with van der Waals surface area (Å²) >= 11 is 9.09. The number of carbonyl (C=O) groups excluding carboxylic acids is 1. The van der Waals surface area contributed by atoms with Gasteiger partial charge in [0.05, 0.1) is 0 Å². The number of alkyl halides is 1. The highest BCUT2D eigenvalue weighted by atomic mass is 79.9. The third-order valence-electron chi connectivity index (χ3n) is 1.84. The Kier molecular flexibility index (Phi) is 3.94. The van der Waals surface area contributed by atoms with Gasteiger partial charge in [0.15, 0.2) is 5.78 Å². The molecule has 1 nitrogen and oxygen atoms in total. The van der Waals surface area contributed by atoms with E-state index in [2.05, 4.69) is 15.9 Å². The van der Waals surface area contributed by atoms with E-state index < -0.39 is 0 Å². The van der Waals surface area contributed by atoms with Crippen LogP contribution in [-0.2, 0) is 5.88 Å². The Morgan fingerprint density at radius 2 is 2.23 bits per heavy atom. The molecule has 0 unspecified atom stereocenters. The fraction of sp³-hybridized carbons (Fsp3) is 0.300. The van der Waals surface area contributed by atoms with E-state index in [0.717, 1.165) is 15.6 Å². The van der Waals surface area contributed by atoms with Crippen molar-refractivity contribution in [3.05, 3.63) is 33.8 Å². The van der Waals surface area contributed by atoms with Crippen molar-refractivity contribution >= 4 is 33.3 Å². The molecule has 0 aliphatic carbocycles. The standard InChI is InChI=1S/C10H10BrClO/c1-2-9(13)8-5-3-4-7(6-12)10(8)11/h3-5H,2,6H2,1H3. The molecule has 0 N–H and O–H groups in total. The van der Waals surface area contributed by atoms with Crippen LogP contribution in [0.3, 0.4) is 0 Å². The van der Waals surface area contributed by atoms with Gasteiger partial charge in [0.1, 0.15) is 0 Å². The van der Waals surface area contributed by atoms with E-state index in [-0.39, 0.29) is 5.78 Å². The molecular weight excluding hydrogens is 251 g/mol. The van der Waals surface area contributed by atoms with Crippen molar-refractivity contribution in [3.63, 3.8) is 0 Å². The number of hydrogen-bond acceptors (Lipinski definition) is 1. The number of Topliss-reactive ketones (excluding diaryl/α,β-unsaturated/α-hetero) is 1. The van der Waals surface area contributed by atoms with Gasteiger partial charge in [-0.1, -0.05) is 25.1 Å². The number of hydrogen-bond donors (Lipinski definition) is 0. The summed E-state index contributed by atoms with van der Waals surface area (Å²) in [5, 5.41) is 0. The fourth-order valence-corrected chi connectivity index (χ4v) is 2.10. The molecule has 0 spiro atoms. The van der Waals surface area contributed by atoms with E-state index in [1.807, 2.05) is 25.1 Å². The fourth-order valence-electron chi connectivity index (χ4n) is 1.09. The van der Waals surface area contributed by atoms with Crippen molar-refractivity contribution in [3.8, 4) is 0 Å². The Bertz CT molecular complexity index is 323. The molecular formula is C10H10BrClO. The monoisotopic (exact) mass is 260 g/mol. The average molecular weight is 262 g/mol. The zero-order valence-corrected chi connectivity index (χ0v) is 9.65. The molecule has 13 heavy (non-hydrogen) atoms. The average Bonchev–Trinajstić information content (AvgIpc) is 2.17. The summed E-state index contributed by atoms with van der Waals surface area (Å²) in [6.45, 7) is 1.85.